The van der Waals surface area contributed by atoms with Gasteiger partial charge in [-0.1, -0.05) is 29.8 Å². The van der Waals surface area contributed by atoms with Crippen LogP contribution in [-0.2, 0) is 9.59 Å². The van der Waals surface area contributed by atoms with E-state index in [2.05, 4.69) is 10.6 Å². The molecule has 0 aromatic heterocycles. The molecule has 8 nitrogen and oxygen atoms in total. The third-order valence-electron chi connectivity index (χ3n) is 5.62. The molecule has 33 heavy (non-hydrogen) atoms. The van der Waals surface area contributed by atoms with Crippen molar-refractivity contribution >= 4 is 35.1 Å². The number of piperazine rings is 1. The van der Waals surface area contributed by atoms with E-state index >= 15 is 0 Å². The van der Waals surface area contributed by atoms with Gasteiger partial charge in [0.15, 0.2) is 0 Å². The third-order valence-corrected chi connectivity index (χ3v) is 6.02. The van der Waals surface area contributed by atoms with Gasteiger partial charge in [-0.25, -0.2) is 4.79 Å². The van der Waals surface area contributed by atoms with Gasteiger partial charge in [-0.15, -0.1) is 0 Å². The number of hydrogen-bond donors (Lipinski definition) is 2. The molecular weight excluding hydrogens is 444 g/mol. The number of rotatable bonds is 6. The Morgan fingerprint density at radius 3 is 2.24 bits per heavy atom. The molecule has 1 heterocycles. The largest absolute Gasteiger partial charge is 0.497 e. The van der Waals surface area contributed by atoms with Crippen LogP contribution in [0.1, 0.15) is 30.5 Å². The number of halogens is 1. The van der Waals surface area contributed by atoms with Crippen molar-refractivity contribution in [2.24, 2.45) is 0 Å². The molecule has 176 valence electrons. The Bertz CT molecular complexity index is 1000. The maximum absolute atomic E-state index is 12.9. The van der Waals surface area contributed by atoms with Gasteiger partial charge in [-0.2, -0.15) is 0 Å². The summed E-state index contributed by atoms with van der Waals surface area (Å²) in [6, 6.07) is 12.0. The average Bonchev–Trinajstić information content (AvgIpc) is 2.81. The van der Waals surface area contributed by atoms with Gasteiger partial charge in [0.2, 0.25) is 11.8 Å². The molecule has 1 aliphatic heterocycles. The summed E-state index contributed by atoms with van der Waals surface area (Å²) in [7, 11) is 1.58. The van der Waals surface area contributed by atoms with E-state index in [1.165, 1.54) is 6.92 Å². The van der Waals surface area contributed by atoms with Gasteiger partial charge in [0.25, 0.3) is 0 Å². The van der Waals surface area contributed by atoms with Crippen LogP contribution in [0, 0.1) is 6.92 Å². The van der Waals surface area contributed by atoms with Gasteiger partial charge >= 0.3 is 6.03 Å². The van der Waals surface area contributed by atoms with Gasteiger partial charge in [0.1, 0.15) is 5.75 Å². The second kappa shape index (κ2) is 11.0. The smallest absolute Gasteiger partial charge is 0.321 e. The SMILES string of the molecule is COc1ccc(C(CC(=O)N2CCN(C(=O)Nc3ccc(C)c(Cl)c3)CC2)NC(C)=O)cc1. The number of anilines is 1. The topological polar surface area (TPSA) is 91.0 Å². The zero-order valence-corrected chi connectivity index (χ0v) is 19.8. The standard InChI is InChI=1S/C24H29ClN4O4/c1-16-4-7-19(14-21(16)25)27-24(32)29-12-10-28(11-13-29)23(31)15-22(26-17(2)30)18-5-8-20(33-3)9-6-18/h4-9,14,22H,10-13,15H2,1-3H3,(H,26,30)(H,27,32). The molecule has 2 aromatic rings. The number of carbonyl (C=O) groups excluding carboxylic acids is 3. The Morgan fingerprint density at radius 1 is 1.03 bits per heavy atom. The maximum Gasteiger partial charge on any atom is 0.321 e. The molecule has 1 aliphatic rings. The van der Waals surface area contributed by atoms with Crippen LogP contribution in [0.2, 0.25) is 5.02 Å². The second-order valence-corrected chi connectivity index (χ2v) is 8.40. The molecule has 0 aliphatic carbocycles. The lowest BCUT2D eigenvalue weighted by atomic mass is 10.0. The summed E-state index contributed by atoms with van der Waals surface area (Å²) in [5.74, 6) is 0.421. The van der Waals surface area contributed by atoms with E-state index in [-0.39, 0.29) is 24.3 Å². The first kappa shape index (κ1) is 24.4. The molecule has 3 rings (SSSR count). The highest BCUT2D eigenvalue weighted by atomic mass is 35.5. The van der Waals surface area contributed by atoms with E-state index in [0.29, 0.717) is 42.6 Å². The Kier molecular flexibility index (Phi) is 8.16. The summed E-state index contributed by atoms with van der Waals surface area (Å²) >= 11 is 6.13. The molecule has 0 radical (unpaired) electrons. The molecule has 1 unspecified atom stereocenters. The Hall–Kier alpha value is -3.26. The van der Waals surface area contributed by atoms with Crippen LogP contribution in [-0.4, -0.2) is 60.9 Å². The summed E-state index contributed by atoms with van der Waals surface area (Å²) in [5, 5.41) is 6.30. The molecule has 1 saturated heterocycles. The van der Waals surface area contributed by atoms with Crippen molar-refractivity contribution in [1.82, 2.24) is 15.1 Å². The summed E-state index contributed by atoms with van der Waals surface area (Å²) < 4.78 is 5.18. The molecule has 0 saturated carbocycles. The van der Waals surface area contributed by atoms with Gasteiger partial charge in [0.05, 0.1) is 19.6 Å². The molecule has 0 bridgehead atoms. The molecule has 1 atom stereocenters. The van der Waals surface area contributed by atoms with Crippen molar-refractivity contribution in [3.8, 4) is 5.75 Å². The van der Waals surface area contributed by atoms with Crippen LogP contribution >= 0.6 is 11.6 Å². The van der Waals surface area contributed by atoms with E-state index in [1.807, 2.05) is 25.1 Å². The van der Waals surface area contributed by atoms with Crippen molar-refractivity contribution in [3.05, 3.63) is 58.6 Å². The number of nitrogens with one attached hydrogen (secondary N) is 2. The highest BCUT2D eigenvalue weighted by molar-refractivity contribution is 6.31. The summed E-state index contributed by atoms with van der Waals surface area (Å²) in [5.41, 5.74) is 2.40. The number of nitrogens with zero attached hydrogens (tertiary/aromatic N) is 2. The average molecular weight is 473 g/mol. The quantitative estimate of drug-likeness (QED) is 0.672. The van der Waals surface area contributed by atoms with Crippen LogP contribution in [0.15, 0.2) is 42.5 Å². The van der Waals surface area contributed by atoms with Crippen molar-refractivity contribution in [2.75, 3.05) is 38.6 Å². The number of methoxy groups -OCH3 is 1. The molecular formula is C24H29ClN4O4. The van der Waals surface area contributed by atoms with Crippen LogP contribution in [0.5, 0.6) is 5.75 Å². The highest BCUT2D eigenvalue weighted by Gasteiger charge is 2.27. The second-order valence-electron chi connectivity index (χ2n) is 7.99. The Balaban J connectivity index is 1.55. The minimum absolute atomic E-state index is 0.0741. The first-order valence-electron chi connectivity index (χ1n) is 10.8. The minimum atomic E-state index is -0.437. The summed E-state index contributed by atoms with van der Waals surface area (Å²) in [4.78, 5) is 40.6. The Labute approximate surface area is 198 Å². The van der Waals surface area contributed by atoms with Crippen LogP contribution in [0.25, 0.3) is 0 Å². The van der Waals surface area contributed by atoms with E-state index in [0.717, 1.165) is 11.1 Å². The lowest BCUT2D eigenvalue weighted by Crippen LogP contribution is -2.52. The first-order valence-corrected chi connectivity index (χ1v) is 11.2. The molecule has 2 aromatic carbocycles. The predicted molar refractivity (Wildman–Crippen MR) is 128 cm³/mol. The lowest BCUT2D eigenvalue weighted by Gasteiger charge is -2.35. The monoisotopic (exact) mass is 472 g/mol. The molecule has 4 amide bonds. The van der Waals surface area contributed by atoms with E-state index in [9.17, 15) is 14.4 Å². The number of carbonyl (C=O) groups is 3. The van der Waals surface area contributed by atoms with Crippen LogP contribution in [0.4, 0.5) is 10.5 Å². The van der Waals surface area contributed by atoms with Gasteiger partial charge in [0, 0.05) is 43.8 Å². The third kappa shape index (κ3) is 6.61. The summed E-state index contributed by atoms with van der Waals surface area (Å²) in [6.45, 7) is 5.02. The van der Waals surface area contributed by atoms with Gasteiger partial charge in [-0.3, -0.25) is 9.59 Å². The fourth-order valence-electron chi connectivity index (χ4n) is 3.67. The van der Waals surface area contributed by atoms with Crippen molar-refractivity contribution in [2.45, 2.75) is 26.3 Å². The van der Waals surface area contributed by atoms with Crippen molar-refractivity contribution in [3.63, 3.8) is 0 Å². The molecule has 0 spiro atoms. The molecule has 9 heteroatoms. The number of urea groups is 1. The fourth-order valence-corrected chi connectivity index (χ4v) is 3.85. The number of hydrogen-bond acceptors (Lipinski definition) is 4. The minimum Gasteiger partial charge on any atom is -0.497 e. The highest BCUT2D eigenvalue weighted by Crippen LogP contribution is 2.23. The number of aryl methyl sites for hydroxylation is 1. The van der Waals surface area contributed by atoms with Crippen molar-refractivity contribution in [1.29, 1.82) is 0 Å². The number of ether oxygens (including phenoxy) is 1. The number of amides is 4. The Morgan fingerprint density at radius 2 is 1.67 bits per heavy atom. The molecule has 2 N–H and O–H groups in total. The lowest BCUT2D eigenvalue weighted by molar-refractivity contribution is -0.133. The van der Waals surface area contributed by atoms with Gasteiger partial charge in [-0.05, 0) is 42.3 Å². The first-order chi connectivity index (χ1) is 15.8. The fraction of sp³-hybridized carbons (Fsp3) is 0.375. The zero-order valence-electron chi connectivity index (χ0n) is 19.1. The summed E-state index contributed by atoms with van der Waals surface area (Å²) in [6.07, 6.45) is 0.139. The van der Waals surface area contributed by atoms with E-state index in [4.69, 9.17) is 16.3 Å². The van der Waals surface area contributed by atoms with E-state index in [1.54, 1.807) is 41.2 Å². The number of benzene rings is 2. The normalized spacial score (nSPS) is 14.4. The zero-order chi connectivity index (χ0) is 24.0. The molecule has 1 fully saturated rings. The maximum atomic E-state index is 12.9. The van der Waals surface area contributed by atoms with Crippen LogP contribution in [0.3, 0.4) is 0 Å². The van der Waals surface area contributed by atoms with E-state index < -0.39 is 6.04 Å². The van der Waals surface area contributed by atoms with Crippen molar-refractivity contribution < 1.29 is 19.1 Å². The van der Waals surface area contributed by atoms with Gasteiger partial charge < -0.3 is 25.2 Å². The van der Waals surface area contributed by atoms with Crippen LogP contribution < -0.4 is 15.4 Å². The predicted octanol–water partition coefficient (Wildman–Crippen LogP) is 3.60.